The lowest BCUT2D eigenvalue weighted by Crippen LogP contribution is -2.26. The molecule has 2 atom stereocenters. The van der Waals surface area contributed by atoms with Gasteiger partial charge in [0.05, 0.1) is 36.6 Å². The van der Waals surface area contributed by atoms with Crippen LogP contribution in [0, 0.1) is 5.92 Å². The zero-order valence-electron chi connectivity index (χ0n) is 16.5. The second-order valence-electron chi connectivity index (χ2n) is 6.44. The van der Waals surface area contributed by atoms with Crippen LogP contribution in [0.3, 0.4) is 0 Å². The molecule has 7 heteroatoms. The molecule has 2 aromatic rings. The van der Waals surface area contributed by atoms with Gasteiger partial charge in [0.2, 0.25) is 5.91 Å². The van der Waals surface area contributed by atoms with Gasteiger partial charge in [-0.3, -0.25) is 9.78 Å². The monoisotopic (exact) mass is 395 g/mol. The van der Waals surface area contributed by atoms with E-state index in [-0.39, 0.29) is 11.8 Å². The van der Waals surface area contributed by atoms with Crippen molar-refractivity contribution in [3.8, 4) is 17.0 Å². The summed E-state index contributed by atoms with van der Waals surface area (Å²) >= 11 is 0. The van der Waals surface area contributed by atoms with E-state index < -0.39 is 12.1 Å². The van der Waals surface area contributed by atoms with Gasteiger partial charge in [0, 0.05) is 11.6 Å². The Morgan fingerprint density at radius 1 is 1.31 bits per heavy atom. The van der Waals surface area contributed by atoms with Crippen LogP contribution in [0.4, 0.5) is 10.5 Å². The maximum atomic E-state index is 12.4. The van der Waals surface area contributed by atoms with Gasteiger partial charge in [0.25, 0.3) is 0 Å². The van der Waals surface area contributed by atoms with E-state index in [2.05, 4.69) is 28.8 Å². The molecule has 0 unspecified atom stereocenters. The predicted molar refractivity (Wildman–Crippen MR) is 113 cm³/mol. The smallest absolute Gasteiger partial charge is 0.405 e. The average Bonchev–Trinajstić information content (AvgIpc) is 2.72. The second-order valence-corrected chi connectivity index (χ2v) is 6.44. The fraction of sp³-hybridized carbons (Fsp3) is 0.227. The summed E-state index contributed by atoms with van der Waals surface area (Å²) in [5.41, 5.74) is 2.53. The number of carbonyl (C=O) groups is 2. The summed E-state index contributed by atoms with van der Waals surface area (Å²) in [6, 6.07) is 8.58. The number of benzene rings is 1. The molecule has 0 aliphatic heterocycles. The number of hydrogen-bond donors (Lipinski definition) is 3. The molecular formula is C22H25N3O4. The van der Waals surface area contributed by atoms with Gasteiger partial charge in [0.1, 0.15) is 5.75 Å². The number of nitrogens with one attached hydrogen (secondary N) is 2. The molecule has 1 aromatic carbocycles. The Morgan fingerprint density at radius 3 is 2.69 bits per heavy atom. The number of pyridine rings is 1. The van der Waals surface area contributed by atoms with Crippen molar-refractivity contribution in [1.82, 2.24) is 10.3 Å². The molecule has 0 fully saturated rings. The topological polar surface area (TPSA) is 101 Å². The van der Waals surface area contributed by atoms with Crippen molar-refractivity contribution in [3.63, 3.8) is 0 Å². The molecule has 2 amide bonds. The van der Waals surface area contributed by atoms with Gasteiger partial charge >= 0.3 is 6.09 Å². The first-order chi connectivity index (χ1) is 13.9. The van der Waals surface area contributed by atoms with Crippen LogP contribution in [0.15, 0.2) is 61.8 Å². The van der Waals surface area contributed by atoms with Crippen molar-refractivity contribution in [2.75, 3.05) is 12.4 Å². The van der Waals surface area contributed by atoms with Crippen LogP contribution in [-0.2, 0) is 4.79 Å². The summed E-state index contributed by atoms with van der Waals surface area (Å²) in [6.07, 6.45) is 4.09. The zero-order chi connectivity index (χ0) is 21.4. The highest BCUT2D eigenvalue weighted by Gasteiger charge is 2.17. The van der Waals surface area contributed by atoms with Gasteiger partial charge in [-0.1, -0.05) is 37.3 Å². The standard InChI is InChI=1S/C22H25N3O4/c1-5-8-18(25-22(27)28)15-9-7-10-16(11-15)20-19(12-17(29-4)13-23-20)24-21(26)14(3)6-2/h5-7,9-14,18,25H,1-2,8H2,3-4H3,(H,24,26)(H,27,28)/t14-,18+/m1/s1. The number of methoxy groups -OCH3 is 1. The lowest BCUT2D eigenvalue weighted by Gasteiger charge is -2.18. The van der Waals surface area contributed by atoms with Crippen LogP contribution in [-0.4, -0.2) is 29.2 Å². The SMILES string of the molecule is C=CC[C@H](NC(=O)O)c1cccc(-c2ncc(OC)cc2NC(=O)[C@H](C)C=C)c1. The zero-order valence-corrected chi connectivity index (χ0v) is 16.5. The molecule has 1 aromatic heterocycles. The van der Waals surface area contributed by atoms with Gasteiger partial charge in [-0.15, -0.1) is 13.2 Å². The van der Waals surface area contributed by atoms with Crippen molar-refractivity contribution in [2.24, 2.45) is 5.92 Å². The van der Waals surface area contributed by atoms with Crippen LogP contribution in [0.2, 0.25) is 0 Å². The highest BCUT2D eigenvalue weighted by molar-refractivity contribution is 5.97. The van der Waals surface area contributed by atoms with Crippen LogP contribution in [0.1, 0.15) is 24.9 Å². The van der Waals surface area contributed by atoms with Gasteiger partial charge in [-0.2, -0.15) is 0 Å². The van der Waals surface area contributed by atoms with Crippen molar-refractivity contribution >= 4 is 17.7 Å². The first-order valence-electron chi connectivity index (χ1n) is 9.07. The van der Waals surface area contributed by atoms with E-state index in [0.717, 1.165) is 11.1 Å². The number of carbonyl (C=O) groups excluding carboxylic acids is 1. The quantitative estimate of drug-likeness (QED) is 0.546. The molecule has 3 N–H and O–H groups in total. The van der Waals surface area contributed by atoms with E-state index in [1.54, 1.807) is 31.3 Å². The molecule has 0 saturated heterocycles. The van der Waals surface area contributed by atoms with Crippen LogP contribution >= 0.6 is 0 Å². The molecule has 1 heterocycles. The number of ether oxygens (including phenoxy) is 1. The lowest BCUT2D eigenvalue weighted by atomic mass is 9.99. The number of rotatable bonds is 9. The number of anilines is 1. The summed E-state index contributed by atoms with van der Waals surface area (Å²) in [5.74, 6) is -0.0924. The van der Waals surface area contributed by atoms with E-state index in [4.69, 9.17) is 9.84 Å². The molecular weight excluding hydrogens is 370 g/mol. The van der Waals surface area contributed by atoms with E-state index in [9.17, 15) is 9.59 Å². The summed E-state index contributed by atoms with van der Waals surface area (Å²) < 4.78 is 5.23. The Kier molecular flexibility index (Phi) is 7.54. The number of carboxylic acid groups (broad SMARTS) is 1. The van der Waals surface area contributed by atoms with E-state index in [0.29, 0.717) is 23.6 Å². The third-order valence-corrected chi connectivity index (χ3v) is 4.39. The molecule has 29 heavy (non-hydrogen) atoms. The van der Waals surface area contributed by atoms with Crippen molar-refractivity contribution < 1.29 is 19.4 Å². The van der Waals surface area contributed by atoms with E-state index in [1.807, 2.05) is 24.3 Å². The molecule has 0 radical (unpaired) electrons. The first-order valence-corrected chi connectivity index (χ1v) is 9.07. The van der Waals surface area contributed by atoms with Crippen LogP contribution in [0.25, 0.3) is 11.3 Å². The van der Waals surface area contributed by atoms with Crippen molar-refractivity contribution in [2.45, 2.75) is 19.4 Å². The normalized spacial score (nSPS) is 12.3. The molecule has 152 valence electrons. The van der Waals surface area contributed by atoms with Crippen LogP contribution < -0.4 is 15.4 Å². The maximum Gasteiger partial charge on any atom is 0.405 e. The highest BCUT2D eigenvalue weighted by Crippen LogP contribution is 2.31. The lowest BCUT2D eigenvalue weighted by molar-refractivity contribution is -0.118. The maximum absolute atomic E-state index is 12.4. The van der Waals surface area contributed by atoms with Gasteiger partial charge < -0.3 is 20.5 Å². The minimum atomic E-state index is -1.11. The summed E-state index contributed by atoms with van der Waals surface area (Å²) in [7, 11) is 1.52. The number of hydrogen-bond acceptors (Lipinski definition) is 4. The van der Waals surface area contributed by atoms with Crippen LogP contribution in [0.5, 0.6) is 5.75 Å². The fourth-order valence-electron chi connectivity index (χ4n) is 2.73. The fourth-order valence-corrected chi connectivity index (χ4v) is 2.73. The number of aromatic nitrogens is 1. The molecule has 0 bridgehead atoms. The largest absolute Gasteiger partial charge is 0.495 e. The van der Waals surface area contributed by atoms with Gasteiger partial charge in [0.15, 0.2) is 0 Å². The molecule has 0 aliphatic carbocycles. The molecule has 7 nitrogen and oxygen atoms in total. The predicted octanol–water partition coefficient (Wildman–Crippen LogP) is 4.40. The molecule has 0 spiro atoms. The minimum absolute atomic E-state index is 0.218. The Labute approximate surface area is 170 Å². The highest BCUT2D eigenvalue weighted by atomic mass is 16.5. The Balaban J connectivity index is 2.47. The summed E-state index contributed by atoms with van der Waals surface area (Å²) in [5, 5.41) is 14.5. The van der Waals surface area contributed by atoms with Crippen molar-refractivity contribution in [1.29, 1.82) is 0 Å². The Hall–Kier alpha value is -3.61. The molecule has 0 aliphatic rings. The summed E-state index contributed by atoms with van der Waals surface area (Å²) in [6.45, 7) is 9.08. The minimum Gasteiger partial charge on any atom is -0.495 e. The first kappa shape index (κ1) is 21.7. The number of nitrogens with zero attached hydrogens (tertiary/aromatic N) is 1. The third kappa shape index (κ3) is 5.68. The Bertz CT molecular complexity index is 911. The van der Waals surface area contributed by atoms with Crippen molar-refractivity contribution in [3.05, 3.63) is 67.4 Å². The van der Waals surface area contributed by atoms with Gasteiger partial charge in [-0.05, 0) is 18.1 Å². The molecule has 2 rings (SSSR count). The Morgan fingerprint density at radius 2 is 2.07 bits per heavy atom. The van der Waals surface area contributed by atoms with E-state index >= 15 is 0 Å². The third-order valence-electron chi connectivity index (χ3n) is 4.39. The summed E-state index contributed by atoms with van der Waals surface area (Å²) in [4.78, 5) is 27.9. The average molecular weight is 395 g/mol. The van der Waals surface area contributed by atoms with E-state index in [1.165, 1.54) is 7.11 Å². The molecule has 0 saturated carbocycles. The van der Waals surface area contributed by atoms with Gasteiger partial charge in [-0.25, -0.2) is 4.79 Å². The number of amides is 2. The second kappa shape index (κ2) is 10.1.